The second kappa shape index (κ2) is 42.5. The van der Waals surface area contributed by atoms with Gasteiger partial charge in [0.05, 0.1) is 19.3 Å². The summed E-state index contributed by atoms with van der Waals surface area (Å²) in [5.41, 5.74) is 0. The Hall–Kier alpha value is -1.14. The summed E-state index contributed by atoms with van der Waals surface area (Å²) in [4.78, 5) is 27.1. The number of carbonyl (C=O) groups is 2. The first-order chi connectivity index (χ1) is 26.9. The molecule has 0 heterocycles. The first-order valence-electron chi connectivity index (χ1n) is 24.5. The summed E-state index contributed by atoms with van der Waals surface area (Å²) in [7, 11) is 2.18. The third-order valence-corrected chi connectivity index (χ3v) is 11.8. The average molecular weight is 780 g/mol. The van der Waals surface area contributed by atoms with Crippen LogP contribution in [0.4, 0.5) is 0 Å². The van der Waals surface area contributed by atoms with E-state index in [1.165, 1.54) is 141 Å². The van der Waals surface area contributed by atoms with Gasteiger partial charge in [0.1, 0.15) is 0 Å². The zero-order chi connectivity index (χ0) is 40.5. The van der Waals surface area contributed by atoms with Gasteiger partial charge >= 0.3 is 11.9 Å². The molecule has 55 heavy (non-hydrogen) atoms. The lowest BCUT2D eigenvalue weighted by Crippen LogP contribution is -2.21. The third-order valence-electron chi connectivity index (χ3n) is 11.8. The highest BCUT2D eigenvalue weighted by Crippen LogP contribution is 2.23. The van der Waals surface area contributed by atoms with Gasteiger partial charge in [0.2, 0.25) is 0 Å². The van der Waals surface area contributed by atoms with E-state index < -0.39 is 0 Å². The van der Waals surface area contributed by atoms with Gasteiger partial charge in [-0.15, -0.1) is 0 Å². The average Bonchev–Trinajstić information content (AvgIpc) is 3.18. The molecular formula is C49H97NO5. The molecule has 0 spiro atoms. The number of nitrogens with zero attached hydrogens (tertiary/aromatic N) is 1. The first kappa shape index (κ1) is 53.9. The Morgan fingerprint density at radius 2 is 0.782 bits per heavy atom. The van der Waals surface area contributed by atoms with Gasteiger partial charge in [-0.05, 0) is 70.4 Å². The third kappa shape index (κ3) is 38.2. The van der Waals surface area contributed by atoms with Crippen LogP contribution in [0.2, 0.25) is 0 Å². The van der Waals surface area contributed by atoms with Crippen molar-refractivity contribution in [2.45, 2.75) is 253 Å². The summed E-state index contributed by atoms with van der Waals surface area (Å²) >= 11 is 0. The molecule has 0 rings (SSSR count). The van der Waals surface area contributed by atoms with Gasteiger partial charge in [-0.25, -0.2) is 0 Å². The topological polar surface area (TPSA) is 65.1 Å². The minimum Gasteiger partial charge on any atom is -0.466 e. The standard InChI is InChI=1S/C49H97NO5/c1-7-12-22-31-45(32-23-13-8-2)39-43-54-48(51)37-28-20-16-18-26-35-47(53-42-30-41-50(6)11-5)36-27-19-17-21-29-38-49(52)55-44-40-46(33-24-14-9-3)34-25-15-10-4/h45-47H,7-44H2,1-6H3. The highest BCUT2D eigenvalue weighted by molar-refractivity contribution is 5.69. The van der Waals surface area contributed by atoms with Crippen molar-refractivity contribution in [3.63, 3.8) is 0 Å². The summed E-state index contributed by atoms with van der Waals surface area (Å²) in [6.45, 7) is 15.5. The van der Waals surface area contributed by atoms with Crippen LogP contribution in [0, 0.1) is 11.8 Å². The molecular weight excluding hydrogens is 683 g/mol. The molecule has 0 amide bonds. The van der Waals surface area contributed by atoms with Gasteiger partial charge in [-0.1, -0.05) is 189 Å². The van der Waals surface area contributed by atoms with Gasteiger partial charge < -0.3 is 19.1 Å². The van der Waals surface area contributed by atoms with Crippen LogP contribution in [0.5, 0.6) is 0 Å². The van der Waals surface area contributed by atoms with Gasteiger partial charge in [-0.3, -0.25) is 9.59 Å². The molecule has 6 heteroatoms. The Bertz CT molecular complexity index is 730. The number of ether oxygens (including phenoxy) is 3. The van der Waals surface area contributed by atoms with Crippen LogP contribution in [0.25, 0.3) is 0 Å². The second-order valence-electron chi connectivity index (χ2n) is 17.1. The van der Waals surface area contributed by atoms with Crippen LogP contribution in [-0.2, 0) is 23.8 Å². The maximum atomic E-state index is 12.4. The van der Waals surface area contributed by atoms with E-state index in [1.807, 2.05) is 0 Å². The molecule has 0 fully saturated rings. The van der Waals surface area contributed by atoms with Crippen LogP contribution in [-0.4, -0.2) is 62.9 Å². The Labute approximate surface area is 344 Å². The monoisotopic (exact) mass is 780 g/mol. The van der Waals surface area contributed by atoms with E-state index in [1.54, 1.807) is 0 Å². The molecule has 0 atom stereocenters. The van der Waals surface area contributed by atoms with Crippen LogP contribution in [0.1, 0.15) is 247 Å². The molecule has 0 saturated carbocycles. The minimum absolute atomic E-state index is 0.00216. The van der Waals surface area contributed by atoms with Gasteiger partial charge in [0.15, 0.2) is 0 Å². The van der Waals surface area contributed by atoms with Crippen molar-refractivity contribution >= 4 is 11.9 Å². The Morgan fingerprint density at radius 1 is 0.418 bits per heavy atom. The van der Waals surface area contributed by atoms with Crippen molar-refractivity contribution in [1.29, 1.82) is 0 Å². The van der Waals surface area contributed by atoms with Crippen molar-refractivity contribution in [2.75, 3.05) is 40.0 Å². The highest BCUT2D eigenvalue weighted by Gasteiger charge is 2.13. The number of rotatable bonds is 44. The summed E-state index contributed by atoms with van der Waals surface area (Å²) in [6, 6.07) is 0. The SMILES string of the molecule is CCCCCC(CCCCC)CCOC(=O)CCCCCCCC(CCCCCCCC(=O)OCCC(CCCCC)CCCCC)OCCCN(C)CC. The smallest absolute Gasteiger partial charge is 0.305 e. The Balaban J connectivity index is 4.24. The maximum absolute atomic E-state index is 12.4. The molecule has 0 saturated heterocycles. The predicted molar refractivity (Wildman–Crippen MR) is 237 cm³/mol. The number of esters is 2. The lowest BCUT2D eigenvalue weighted by atomic mass is 9.92. The fourth-order valence-electron chi connectivity index (χ4n) is 7.82. The molecule has 328 valence electrons. The number of carbonyl (C=O) groups excluding carboxylic acids is 2. The number of unbranched alkanes of at least 4 members (excludes halogenated alkanes) is 16. The van der Waals surface area contributed by atoms with Crippen LogP contribution >= 0.6 is 0 Å². The Kier molecular flexibility index (Phi) is 41.6. The molecule has 0 radical (unpaired) electrons. The summed E-state index contributed by atoms with van der Waals surface area (Å²) in [5.74, 6) is 1.42. The molecule has 0 aromatic rings. The number of hydrogen-bond donors (Lipinski definition) is 0. The van der Waals surface area contributed by atoms with Gasteiger partial charge in [0, 0.05) is 26.0 Å². The normalized spacial score (nSPS) is 11.8. The van der Waals surface area contributed by atoms with Crippen molar-refractivity contribution in [3.05, 3.63) is 0 Å². The molecule has 0 aliphatic heterocycles. The van der Waals surface area contributed by atoms with E-state index in [0.29, 0.717) is 44.0 Å². The quantitative estimate of drug-likeness (QED) is 0.0453. The molecule has 0 unspecified atom stereocenters. The van der Waals surface area contributed by atoms with E-state index in [4.69, 9.17) is 14.2 Å². The lowest BCUT2D eigenvalue weighted by Gasteiger charge is -2.19. The van der Waals surface area contributed by atoms with Crippen molar-refractivity contribution in [3.8, 4) is 0 Å². The summed E-state index contributed by atoms with van der Waals surface area (Å²) in [6.07, 6.45) is 38.9. The molecule has 0 aliphatic carbocycles. The van der Waals surface area contributed by atoms with E-state index in [2.05, 4.69) is 46.6 Å². The van der Waals surface area contributed by atoms with E-state index in [9.17, 15) is 9.59 Å². The lowest BCUT2D eigenvalue weighted by molar-refractivity contribution is -0.145. The zero-order valence-corrected chi connectivity index (χ0v) is 38.1. The fraction of sp³-hybridized carbons (Fsp3) is 0.959. The molecule has 0 aliphatic rings. The zero-order valence-electron chi connectivity index (χ0n) is 38.1. The molecule has 0 aromatic heterocycles. The molecule has 6 nitrogen and oxygen atoms in total. The van der Waals surface area contributed by atoms with Crippen molar-refractivity contribution in [1.82, 2.24) is 4.90 Å². The van der Waals surface area contributed by atoms with Gasteiger partial charge in [-0.2, -0.15) is 0 Å². The van der Waals surface area contributed by atoms with E-state index in [-0.39, 0.29) is 11.9 Å². The number of hydrogen-bond acceptors (Lipinski definition) is 6. The maximum Gasteiger partial charge on any atom is 0.305 e. The molecule has 0 bridgehead atoms. The van der Waals surface area contributed by atoms with Crippen molar-refractivity contribution < 1.29 is 23.8 Å². The minimum atomic E-state index is -0.00216. The molecule has 0 N–H and O–H groups in total. The van der Waals surface area contributed by atoms with Crippen molar-refractivity contribution in [2.24, 2.45) is 11.8 Å². The van der Waals surface area contributed by atoms with Gasteiger partial charge in [0.25, 0.3) is 0 Å². The van der Waals surface area contributed by atoms with Crippen LogP contribution in [0.3, 0.4) is 0 Å². The summed E-state index contributed by atoms with van der Waals surface area (Å²) in [5, 5.41) is 0. The van der Waals surface area contributed by atoms with E-state index >= 15 is 0 Å². The van der Waals surface area contributed by atoms with Crippen LogP contribution in [0.15, 0.2) is 0 Å². The van der Waals surface area contributed by atoms with E-state index in [0.717, 1.165) is 77.5 Å². The first-order valence-corrected chi connectivity index (χ1v) is 24.5. The fourth-order valence-corrected chi connectivity index (χ4v) is 7.82. The Morgan fingerprint density at radius 3 is 1.16 bits per heavy atom. The molecule has 0 aromatic carbocycles. The highest BCUT2D eigenvalue weighted by atomic mass is 16.5. The summed E-state index contributed by atoms with van der Waals surface area (Å²) < 4.78 is 17.7. The largest absolute Gasteiger partial charge is 0.466 e. The predicted octanol–water partition coefficient (Wildman–Crippen LogP) is 14.6. The second-order valence-corrected chi connectivity index (χ2v) is 17.1. The van der Waals surface area contributed by atoms with Crippen LogP contribution < -0.4 is 0 Å².